The summed E-state index contributed by atoms with van der Waals surface area (Å²) >= 11 is 3.27. The maximum absolute atomic E-state index is 13.5. The van der Waals surface area contributed by atoms with Crippen molar-refractivity contribution in [3.05, 3.63) is 68.9 Å². The molecule has 0 bridgehead atoms. The Morgan fingerprint density at radius 1 is 1.10 bits per heavy atom. The Morgan fingerprint density at radius 2 is 1.85 bits per heavy atom. The smallest absolute Gasteiger partial charge is 0.124 e. The van der Waals surface area contributed by atoms with Crippen LogP contribution in [0, 0.1) is 5.82 Å². The highest BCUT2D eigenvalue weighted by atomic mass is 79.9. The van der Waals surface area contributed by atoms with E-state index < -0.39 is 6.10 Å². The maximum atomic E-state index is 13.5. The van der Waals surface area contributed by atoms with Crippen molar-refractivity contribution >= 4 is 15.9 Å². The Morgan fingerprint density at radius 3 is 2.45 bits per heavy atom. The zero-order chi connectivity index (χ0) is 14.7. The van der Waals surface area contributed by atoms with Gasteiger partial charge in [0, 0.05) is 4.47 Å². The summed E-state index contributed by atoms with van der Waals surface area (Å²) in [4.78, 5) is 0. The molecule has 0 aliphatic carbocycles. The summed E-state index contributed by atoms with van der Waals surface area (Å²) in [5, 5.41) is 10.6. The summed E-state index contributed by atoms with van der Waals surface area (Å²) in [5.74, 6) is -0.349. The number of hydrogen-bond acceptors (Lipinski definition) is 1. The molecule has 1 atom stereocenters. The van der Waals surface area contributed by atoms with Crippen molar-refractivity contribution in [1.29, 1.82) is 0 Å². The number of hydrogen-bond donors (Lipinski definition) is 1. The van der Waals surface area contributed by atoms with Crippen LogP contribution in [-0.2, 0) is 12.8 Å². The maximum Gasteiger partial charge on any atom is 0.124 e. The highest BCUT2D eigenvalue weighted by Gasteiger charge is 2.16. The zero-order valence-electron chi connectivity index (χ0n) is 11.7. The van der Waals surface area contributed by atoms with E-state index in [1.807, 2.05) is 12.1 Å². The van der Waals surface area contributed by atoms with E-state index >= 15 is 0 Å². The first kappa shape index (κ1) is 15.2. The van der Waals surface area contributed by atoms with Gasteiger partial charge in [-0.3, -0.25) is 0 Å². The van der Waals surface area contributed by atoms with Crippen molar-refractivity contribution in [3.63, 3.8) is 0 Å². The van der Waals surface area contributed by atoms with Crippen LogP contribution in [0.1, 0.15) is 42.2 Å². The first-order chi connectivity index (χ1) is 9.55. The normalized spacial score (nSPS) is 12.4. The van der Waals surface area contributed by atoms with Gasteiger partial charge in [0.25, 0.3) is 0 Å². The Balaban J connectivity index is 2.48. The first-order valence-electron chi connectivity index (χ1n) is 6.80. The average Bonchev–Trinajstić information content (AvgIpc) is 2.44. The largest absolute Gasteiger partial charge is 0.384 e. The summed E-state index contributed by atoms with van der Waals surface area (Å²) in [6.45, 7) is 4.13. The van der Waals surface area contributed by atoms with Gasteiger partial charge >= 0.3 is 0 Å². The zero-order valence-corrected chi connectivity index (χ0v) is 13.2. The summed E-state index contributed by atoms with van der Waals surface area (Å²) in [6.07, 6.45) is 0.951. The molecule has 0 aliphatic rings. The van der Waals surface area contributed by atoms with Crippen LogP contribution < -0.4 is 0 Å². The van der Waals surface area contributed by atoms with Gasteiger partial charge in [-0.15, -0.1) is 0 Å². The predicted octanol–water partition coefficient (Wildman–Crippen LogP) is 4.79. The van der Waals surface area contributed by atoms with Crippen LogP contribution in [0.2, 0.25) is 0 Å². The minimum absolute atomic E-state index is 0.349. The summed E-state index contributed by atoms with van der Waals surface area (Å²) in [6, 6.07) is 10.7. The molecule has 0 amide bonds. The molecule has 0 radical (unpaired) electrons. The molecule has 2 rings (SSSR count). The molecule has 106 valence electrons. The van der Waals surface area contributed by atoms with Gasteiger partial charge in [0.15, 0.2) is 0 Å². The van der Waals surface area contributed by atoms with Gasteiger partial charge in [-0.25, -0.2) is 4.39 Å². The van der Waals surface area contributed by atoms with Gasteiger partial charge in [0.1, 0.15) is 11.9 Å². The van der Waals surface area contributed by atoms with Crippen LogP contribution in [0.3, 0.4) is 0 Å². The standard InChI is InChI=1S/C17H18BrFO/c1-3-11-5-6-12(4-2)16(7-11)17(20)13-8-14(18)10-15(19)9-13/h5-10,17,20H,3-4H2,1-2H3. The van der Waals surface area contributed by atoms with Crippen molar-refractivity contribution in [2.75, 3.05) is 0 Å². The summed E-state index contributed by atoms with van der Waals surface area (Å²) < 4.78 is 14.1. The molecule has 1 unspecified atom stereocenters. The molecular formula is C17H18BrFO. The van der Waals surface area contributed by atoms with E-state index in [0.29, 0.717) is 10.0 Å². The SMILES string of the molecule is CCc1ccc(CC)c(C(O)c2cc(F)cc(Br)c2)c1. The molecule has 0 fully saturated rings. The molecule has 0 aliphatic heterocycles. The van der Waals surface area contributed by atoms with Crippen LogP contribution in [0.4, 0.5) is 4.39 Å². The second-order valence-electron chi connectivity index (χ2n) is 4.85. The van der Waals surface area contributed by atoms with Crippen molar-refractivity contribution in [3.8, 4) is 0 Å². The monoisotopic (exact) mass is 336 g/mol. The highest BCUT2D eigenvalue weighted by molar-refractivity contribution is 9.10. The van der Waals surface area contributed by atoms with Crippen LogP contribution in [-0.4, -0.2) is 5.11 Å². The van der Waals surface area contributed by atoms with Crippen molar-refractivity contribution in [1.82, 2.24) is 0 Å². The van der Waals surface area contributed by atoms with E-state index in [2.05, 4.69) is 35.8 Å². The minimum atomic E-state index is -0.802. The van der Waals surface area contributed by atoms with Crippen molar-refractivity contribution < 1.29 is 9.50 Å². The van der Waals surface area contributed by atoms with Gasteiger partial charge in [-0.2, -0.15) is 0 Å². The molecule has 3 heteroatoms. The molecule has 1 N–H and O–H groups in total. The number of aliphatic hydroxyl groups is 1. The van der Waals surface area contributed by atoms with Gasteiger partial charge < -0.3 is 5.11 Å². The van der Waals surface area contributed by atoms with Gasteiger partial charge in [0.05, 0.1) is 0 Å². The summed E-state index contributed by atoms with van der Waals surface area (Å²) in [7, 11) is 0. The number of benzene rings is 2. The first-order valence-corrected chi connectivity index (χ1v) is 7.60. The number of aliphatic hydroxyl groups excluding tert-OH is 1. The minimum Gasteiger partial charge on any atom is -0.384 e. The second-order valence-corrected chi connectivity index (χ2v) is 5.76. The van der Waals surface area contributed by atoms with Crippen molar-refractivity contribution in [2.24, 2.45) is 0 Å². The fourth-order valence-corrected chi connectivity index (χ4v) is 2.84. The number of aryl methyl sites for hydroxylation is 2. The third kappa shape index (κ3) is 3.28. The van der Waals surface area contributed by atoms with Crippen LogP contribution in [0.25, 0.3) is 0 Å². The van der Waals surface area contributed by atoms with Crippen LogP contribution in [0.15, 0.2) is 40.9 Å². The lowest BCUT2D eigenvalue weighted by molar-refractivity contribution is 0.218. The van der Waals surface area contributed by atoms with Gasteiger partial charge in [-0.1, -0.05) is 48.0 Å². The molecular weight excluding hydrogens is 319 g/mol. The third-order valence-electron chi connectivity index (χ3n) is 3.49. The third-order valence-corrected chi connectivity index (χ3v) is 3.95. The number of rotatable bonds is 4. The van der Waals surface area contributed by atoms with Gasteiger partial charge in [-0.05, 0) is 53.3 Å². The molecule has 0 heterocycles. The molecule has 2 aromatic carbocycles. The molecule has 20 heavy (non-hydrogen) atoms. The van der Waals surface area contributed by atoms with E-state index in [1.54, 1.807) is 6.07 Å². The quantitative estimate of drug-likeness (QED) is 0.850. The lowest BCUT2D eigenvalue weighted by atomic mass is 9.93. The molecule has 1 nitrogen and oxygen atoms in total. The lowest BCUT2D eigenvalue weighted by Crippen LogP contribution is -2.05. The van der Waals surface area contributed by atoms with Crippen molar-refractivity contribution in [2.45, 2.75) is 32.8 Å². The molecule has 0 saturated carbocycles. The molecule has 0 spiro atoms. The second kappa shape index (κ2) is 6.51. The Hall–Kier alpha value is -1.19. The topological polar surface area (TPSA) is 20.2 Å². The van der Waals surface area contributed by atoms with E-state index in [-0.39, 0.29) is 5.82 Å². The summed E-state index contributed by atoms with van der Waals surface area (Å²) in [5.41, 5.74) is 3.70. The van der Waals surface area contributed by atoms with E-state index in [1.165, 1.54) is 17.7 Å². The highest BCUT2D eigenvalue weighted by Crippen LogP contribution is 2.29. The Kier molecular flexibility index (Phi) is 4.95. The van der Waals surface area contributed by atoms with Gasteiger partial charge in [0.2, 0.25) is 0 Å². The van der Waals surface area contributed by atoms with E-state index in [0.717, 1.165) is 24.0 Å². The molecule has 2 aromatic rings. The van der Waals surface area contributed by atoms with E-state index in [4.69, 9.17) is 0 Å². The fourth-order valence-electron chi connectivity index (χ4n) is 2.35. The molecule has 0 saturated heterocycles. The van der Waals surface area contributed by atoms with Crippen LogP contribution in [0.5, 0.6) is 0 Å². The van der Waals surface area contributed by atoms with Crippen LogP contribution >= 0.6 is 15.9 Å². The molecule has 0 aromatic heterocycles. The average molecular weight is 337 g/mol. The fraction of sp³-hybridized carbons (Fsp3) is 0.294. The van der Waals surface area contributed by atoms with E-state index in [9.17, 15) is 9.50 Å². The Bertz CT molecular complexity index is 590. The predicted molar refractivity (Wildman–Crippen MR) is 83.4 cm³/mol. The Labute approximate surface area is 127 Å². The number of halogens is 2. The lowest BCUT2D eigenvalue weighted by Gasteiger charge is -2.17.